The molecule has 130 valence electrons. The van der Waals surface area contributed by atoms with Gasteiger partial charge in [0.2, 0.25) is 10.0 Å². The Bertz CT molecular complexity index is 627. The first-order valence-corrected chi connectivity index (χ1v) is 10.2. The number of nitrogens with one attached hydrogen (secondary N) is 1. The SMILES string of the molecule is Cc1ccccc1[C@H](NC1CCN(S(C)(=O)=O)CC1)C(C)(C)C. The number of piperidine rings is 1. The van der Waals surface area contributed by atoms with E-state index < -0.39 is 10.0 Å². The molecular weight excluding hydrogens is 308 g/mol. The Morgan fingerprint density at radius 3 is 2.22 bits per heavy atom. The summed E-state index contributed by atoms with van der Waals surface area (Å²) >= 11 is 0. The van der Waals surface area contributed by atoms with Gasteiger partial charge in [-0.1, -0.05) is 45.0 Å². The van der Waals surface area contributed by atoms with Gasteiger partial charge in [-0.2, -0.15) is 0 Å². The monoisotopic (exact) mass is 338 g/mol. The van der Waals surface area contributed by atoms with Crippen molar-refractivity contribution in [3.63, 3.8) is 0 Å². The molecule has 1 aliphatic heterocycles. The Morgan fingerprint density at radius 2 is 1.74 bits per heavy atom. The van der Waals surface area contributed by atoms with Crippen LogP contribution in [0.5, 0.6) is 0 Å². The molecule has 1 saturated heterocycles. The van der Waals surface area contributed by atoms with Gasteiger partial charge in [0.15, 0.2) is 0 Å². The third-order valence-electron chi connectivity index (χ3n) is 4.69. The van der Waals surface area contributed by atoms with Crippen LogP contribution in [0.2, 0.25) is 0 Å². The Labute approximate surface area is 141 Å². The van der Waals surface area contributed by atoms with Gasteiger partial charge in [-0.3, -0.25) is 0 Å². The average Bonchev–Trinajstić information content (AvgIpc) is 2.44. The fraction of sp³-hybridized carbons (Fsp3) is 0.667. The van der Waals surface area contributed by atoms with Crippen molar-refractivity contribution < 1.29 is 8.42 Å². The van der Waals surface area contributed by atoms with Crippen LogP contribution in [0.4, 0.5) is 0 Å². The first-order valence-electron chi connectivity index (χ1n) is 8.36. The van der Waals surface area contributed by atoms with Crippen molar-refractivity contribution in [2.75, 3.05) is 19.3 Å². The Morgan fingerprint density at radius 1 is 1.17 bits per heavy atom. The van der Waals surface area contributed by atoms with Crippen molar-refractivity contribution >= 4 is 10.0 Å². The van der Waals surface area contributed by atoms with Gasteiger partial charge in [0, 0.05) is 25.2 Å². The number of nitrogens with zero attached hydrogens (tertiary/aromatic N) is 1. The first-order chi connectivity index (χ1) is 10.6. The molecule has 1 heterocycles. The molecule has 0 unspecified atom stereocenters. The lowest BCUT2D eigenvalue weighted by Crippen LogP contribution is -2.47. The van der Waals surface area contributed by atoms with Crippen molar-refractivity contribution in [1.82, 2.24) is 9.62 Å². The van der Waals surface area contributed by atoms with Gasteiger partial charge < -0.3 is 5.32 Å². The molecule has 1 N–H and O–H groups in total. The van der Waals surface area contributed by atoms with Gasteiger partial charge in [-0.05, 0) is 36.3 Å². The zero-order valence-corrected chi connectivity index (χ0v) is 15.8. The maximum absolute atomic E-state index is 11.6. The molecule has 5 heteroatoms. The minimum atomic E-state index is -3.06. The summed E-state index contributed by atoms with van der Waals surface area (Å²) in [5, 5.41) is 3.80. The molecule has 0 spiro atoms. The molecule has 0 amide bonds. The first kappa shape index (κ1) is 18.4. The van der Waals surface area contributed by atoms with E-state index in [1.807, 2.05) is 0 Å². The predicted octanol–water partition coefficient (Wildman–Crippen LogP) is 3.10. The van der Waals surface area contributed by atoms with E-state index in [2.05, 4.69) is 57.3 Å². The van der Waals surface area contributed by atoms with Crippen LogP contribution >= 0.6 is 0 Å². The molecule has 1 aromatic rings. The summed E-state index contributed by atoms with van der Waals surface area (Å²) in [6, 6.07) is 9.14. The van der Waals surface area contributed by atoms with E-state index in [1.165, 1.54) is 17.4 Å². The lowest BCUT2D eigenvalue weighted by atomic mass is 9.80. The van der Waals surface area contributed by atoms with Crippen LogP contribution in [-0.2, 0) is 10.0 Å². The van der Waals surface area contributed by atoms with Crippen molar-refractivity contribution in [3.8, 4) is 0 Å². The van der Waals surface area contributed by atoms with Crippen molar-refractivity contribution in [2.24, 2.45) is 5.41 Å². The van der Waals surface area contributed by atoms with E-state index in [0.717, 1.165) is 12.8 Å². The van der Waals surface area contributed by atoms with Gasteiger partial charge in [0.1, 0.15) is 0 Å². The normalized spacial score (nSPS) is 19.7. The molecule has 1 aromatic carbocycles. The lowest BCUT2D eigenvalue weighted by Gasteiger charge is -2.39. The highest BCUT2D eigenvalue weighted by molar-refractivity contribution is 7.88. The van der Waals surface area contributed by atoms with Crippen LogP contribution in [-0.4, -0.2) is 38.1 Å². The topological polar surface area (TPSA) is 49.4 Å². The summed E-state index contributed by atoms with van der Waals surface area (Å²) in [6.45, 7) is 10.1. The highest BCUT2D eigenvalue weighted by atomic mass is 32.2. The molecule has 0 aliphatic carbocycles. The van der Waals surface area contributed by atoms with Gasteiger partial charge in [0.05, 0.1) is 6.26 Å². The summed E-state index contributed by atoms with van der Waals surface area (Å²) in [6.07, 6.45) is 3.03. The van der Waals surface area contributed by atoms with Gasteiger partial charge >= 0.3 is 0 Å². The van der Waals surface area contributed by atoms with Gasteiger partial charge in [0.25, 0.3) is 0 Å². The Balaban J connectivity index is 2.11. The summed E-state index contributed by atoms with van der Waals surface area (Å²) in [7, 11) is -3.06. The third-order valence-corrected chi connectivity index (χ3v) is 5.99. The maximum atomic E-state index is 11.6. The molecule has 1 fully saturated rings. The van der Waals surface area contributed by atoms with E-state index in [1.54, 1.807) is 4.31 Å². The summed E-state index contributed by atoms with van der Waals surface area (Å²) < 4.78 is 24.9. The van der Waals surface area contributed by atoms with Gasteiger partial charge in [-0.25, -0.2) is 12.7 Å². The van der Waals surface area contributed by atoms with Crippen LogP contribution in [0.25, 0.3) is 0 Å². The van der Waals surface area contributed by atoms with Crippen LogP contribution in [0.1, 0.15) is 50.8 Å². The highest BCUT2D eigenvalue weighted by Gasteiger charge is 2.32. The number of hydrogen-bond donors (Lipinski definition) is 1. The second-order valence-corrected chi connectivity index (χ2v) is 9.74. The molecule has 0 radical (unpaired) electrons. The van der Waals surface area contributed by atoms with Crippen LogP contribution in [0.15, 0.2) is 24.3 Å². The number of hydrogen-bond acceptors (Lipinski definition) is 3. The highest BCUT2D eigenvalue weighted by Crippen LogP contribution is 2.35. The minimum absolute atomic E-state index is 0.0973. The third kappa shape index (κ3) is 4.78. The molecular formula is C18H30N2O2S. The smallest absolute Gasteiger partial charge is 0.211 e. The molecule has 4 nitrogen and oxygen atoms in total. The van der Waals surface area contributed by atoms with Gasteiger partial charge in [-0.15, -0.1) is 0 Å². The van der Waals surface area contributed by atoms with E-state index in [0.29, 0.717) is 19.1 Å². The summed E-state index contributed by atoms with van der Waals surface area (Å²) in [4.78, 5) is 0. The summed E-state index contributed by atoms with van der Waals surface area (Å²) in [5.74, 6) is 0. The van der Waals surface area contributed by atoms with Crippen LogP contribution in [0.3, 0.4) is 0 Å². The molecule has 0 saturated carbocycles. The van der Waals surface area contributed by atoms with E-state index in [9.17, 15) is 8.42 Å². The molecule has 1 atom stereocenters. The summed E-state index contributed by atoms with van der Waals surface area (Å²) in [5.41, 5.74) is 2.74. The Kier molecular flexibility index (Phi) is 5.54. The zero-order chi connectivity index (χ0) is 17.3. The molecule has 0 aromatic heterocycles. The van der Waals surface area contributed by atoms with Crippen molar-refractivity contribution in [2.45, 2.75) is 52.6 Å². The average molecular weight is 339 g/mol. The standard InChI is InChI=1S/C18H30N2O2S/c1-14-8-6-7-9-16(14)17(18(2,3)4)19-15-10-12-20(13-11-15)23(5,21)22/h6-9,15,17,19H,10-13H2,1-5H3/t17-/m0/s1. The van der Waals surface area contributed by atoms with Crippen LogP contribution in [0, 0.1) is 12.3 Å². The molecule has 2 rings (SSSR count). The van der Waals surface area contributed by atoms with Crippen molar-refractivity contribution in [3.05, 3.63) is 35.4 Å². The number of aryl methyl sites for hydroxylation is 1. The van der Waals surface area contributed by atoms with E-state index >= 15 is 0 Å². The Hall–Kier alpha value is -0.910. The fourth-order valence-corrected chi connectivity index (χ4v) is 4.18. The molecule has 1 aliphatic rings. The molecule has 0 bridgehead atoms. The fourth-order valence-electron chi connectivity index (χ4n) is 3.31. The quantitative estimate of drug-likeness (QED) is 0.918. The maximum Gasteiger partial charge on any atom is 0.211 e. The van der Waals surface area contributed by atoms with Crippen LogP contribution < -0.4 is 5.32 Å². The van der Waals surface area contributed by atoms with E-state index in [-0.39, 0.29) is 11.5 Å². The molecule has 23 heavy (non-hydrogen) atoms. The van der Waals surface area contributed by atoms with E-state index in [4.69, 9.17) is 0 Å². The number of benzene rings is 1. The minimum Gasteiger partial charge on any atom is -0.307 e. The zero-order valence-electron chi connectivity index (χ0n) is 15.0. The lowest BCUT2D eigenvalue weighted by molar-refractivity contribution is 0.209. The number of rotatable bonds is 4. The largest absolute Gasteiger partial charge is 0.307 e. The second kappa shape index (κ2) is 6.91. The van der Waals surface area contributed by atoms with Crippen molar-refractivity contribution in [1.29, 1.82) is 0 Å². The second-order valence-electron chi connectivity index (χ2n) is 7.76. The predicted molar refractivity (Wildman–Crippen MR) is 95.9 cm³/mol. The number of sulfonamides is 1.